The molecule has 1 aromatic carbocycles. The Kier molecular flexibility index (Phi) is 5.75. The summed E-state index contributed by atoms with van der Waals surface area (Å²) in [6.45, 7) is 0.177. The monoisotopic (exact) mass is 334 g/mol. The molecule has 0 aromatic heterocycles. The van der Waals surface area contributed by atoms with Crippen molar-refractivity contribution in [1.82, 2.24) is 9.56 Å². The fraction of sp³-hybridized carbons (Fsp3) is 0.400. The van der Waals surface area contributed by atoms with Crippen molar-refractivity contribution in [3.63, 3.8) is 0 Å². The SMILES string of the molecule is O=S(=O)(NCCCNCl)c1ccc(F)cc1C(F)(F)F. The van der Waals surface area contributed by atoms with E-state index in [1.807, 2.05) is 4.72 Å². The zero-order valence-corrected chi connectivity index (χ0v) is 11.5. The molecular formula is C10H11ClF4N2O2S. The van der Waals surface area contributed by atoms with Gasteiger partial charge < -0.3 is 0 Å². The summed E-state index contributed by atoms with van der Waals surface area (Å²) < 4.78 is 76.6. The standard InChI is InChI=1S/C10H11ClF4N2O2S/c11-16-4-1-5-17-20(18,19)9-3-2-7(12)6-8(9)10(13,14)15/h2-3,6,16-17H,1,4-5H2. The van der Waals surface area contributed by atoms with E-state index in [0.717, 1.165) is 0 Å². The van der Waals surface area contributed by atoms with Crippen LogP contribution < -0.4 is 9.56 Å². The molecule has 0 amide bonds. The lowest BCUT2D eigenvalue weighted by Gasteiger charge is -2.13. The van der Waals surface area contributed by atoms with Crippen LogP contribution >= 0.6 is 11.8 Å². The third-order valence-corrected chi connectivity index (χ3v) is 3.98. The third-order valence-electron chi connectivity index (χ3n) is 2.28. The van der Waals surface area contributed by atoms with Crippen LogP contribution in [0.1, 0.15) is 12.0 Å². The van der Waals surface area contributed by atoms with E-state index in [4.69, 9.17) is 11.8 Å². The number of benzene rings is 1. The third kappa shape index (κ3) is 4.58. The Labute approximate surface area is 118 Å². The lowest BCUT2D eigenvalue weighted by Crippen LogP contribution is -2.28. The first-order valence-corrected chi connectivity index (χ1v) is 7.24. The molecule has 0 aliphatic rings. The largest absolute Gasteiger partial charge is 0.417 e. The number of hydrogen-bond donors (Lipinski definition) is 2. The summed E-state index contributed by atoms with van der Waals surface area (Å²) in [5.74, 6) is -1.16. The highest BCUT2D eigenvalue weighted by atomic mass is 35.5. The highest BCUT2D eigenvalue weighted by Crippen LogP contribution is 2.34. The van der Waals surface area contributed by atoms with Gasteiger partial charge in [-0.1, -0.05) is 0 Å². The van der Waals surface area contributed by atoms with Gasteiger partial charge in [0.05, 0.1) is 10.5 Å². The van der Waals surface area contributed by atoms with Crippen molar-refractivity contribution < 1.29 is 26.0 Å². The lowest BCUT2D eigenvalue weighted by atomic mass is 10.2. The number of rotatable bonds is 6. The first-order chi connectivity index (χ1) is 9.18. The van der Waals surface area contributed by atoms with Crippen molar-refractivity contribution in [2.75, 3.05) is 13.1 Å². The summed E-state index contributed by atoms with van der Waals surface area (Å²) >= 11 is 5.15. The molecule has 0 bridgehead atoms. The van der Waals surface area contributed by atoms with Gasteiger partial charge in [-0.25, -0.2) is 22.4 Å². The van der Waals surface area contributed by atoms with Gasteiger partial charge in [0.2, 0.25) is 10.0 Å². The highest BCUT2D eigenvalue weighted by Gasteiger charge is 2.37. The minimum Gasteiger partial charge on any atom is -0.233 e. The Morgan fingerprint density at radius 1 is 1.20 bits per heavy atom. The molecule has 0 saturated heterocycles. The Morgan fingerprint density at radius 3 is 2.40 bits per heavy atom. The second-order valence-electron chi connectivity index (χ2n) is 3.77. The van der Waals surface area contributed by atoms with E-state index < -0.39 is 32.5 Å². The zero-order valence-electron chi connectivity index (χ0n) is 9.97. The number of sulfonamides is 1. The molecule has 0 radical (unpaired) electrons. The molecule has 0 heterocycles. The highest BCUT2D eigenvalue weighted by molar-refractivity contribution is 7.89. The van der Waals surface area contributed by atoms with E-state index in [-0.39, 0.29) is 25.6 Å². The van der Waals surface area contributed by atoms with Crippen LogP contribution in [-0.4, -0.2) is 21.5 Å². The lowest BCUT2D eigenvalue weighted by molar-refractivity contribution is -0.140. The summed E-state index contributed by atoms with van der Waals surface area (Å²) in [5, 5.41) is 0. The van der Waals surface area contributed by atoms with Crippen LogP contribution in [-0.2, 0) is 16.2 Å². The molecule has 4 nitrogen and oxygen atoms in total. The van der Waals surface area contributed by atoms with Crippen molar-refractivity contribution in [3.8, 4) is 0 Å². The molecule has 0 unspecified atom stereocenters. The topological polar surface area (TPSA) is 58.2 Å². The maximum Gasteiger partial charge on any atom is 0.417 e. The van der Waals surface area contributed by atoms with Gasteiger partial charge in [-0.15, -0.1) is 0 Å². The maximum atomic E-state index is 12.9. The van der Waals surface area contributed by atoms with Crippen molar-refractivity contribution >= 4 is 21.8 Å². The fourth-order valence-electron chi connectivity index (χ4n) is 1.40. The summed E-state index contributed by atoms with van der Waals surface area (Å²) in [6, 6.07) is 1.39. The average molecular weight is 335 g/mol. The van der Waals surface area contributed by atoms with Gasteiger partial charge in [0.25, 0.3) is 0 Å². The molecule has 1 aromatic rings. The molecule has 0 fully saturated rings. The molecule has 2 N–H and O–H groups in total. The predicted octanol–water partition coefficient (Wildman–Crippen LogP) is 2.26. The van der Waals surface area contributed by atoms with Gasteiger partial charge in [-0.3, -0.25) is 0 Å². The van der Waals surface area contributed by atoms with Gasteiger partial charge >= 0.3 is 6.18 Å². The van der Waals surface area contributed by atoms with Crippen molar-refractivity contribution in [2.24, 2.45) is 0 Å². The van der Waals surface area contributed by atoms with E-state index in [9.17, 15) is 26.0 Å². The maximum absolute atomic E-state index is 12.9. The minimum atomic E-state index is -4.97. The zero-order chi connectivity index (χ0) is 15.4. The van der Waals surface area contributed by atoms with E-state index in [1.165, 1.54) is 0 Å². The molecule has 0 atom stereocenters. The molecule has 0 aliphatic carbocycles. The van der Waals surface area contributed by atoms with E-state index in [0.29, 0.717) is 12.1 Å². The van der Waals surface area contributed by atoms with Crippen LogP contribution in [0.25, 0.3) is 0 Å². The molecule has 0 saturated carbocycles. The van der Waals surface area contributed by atoms with Crippen molar-refractivity contribution in [1.29, 1.82) is 0 Å². The van der Waals surface area contributed by atoms with Crippen LogP contribution in [0.15, 0.2) is 23.1 Å². The van der Waals surface area contributed by atoms with Crippen molar-refractivity contribution in [2.45, 2.75) is 17.5 Å². The number of alkyl halides is 3. The van der Waals surface area contributed by atoms with E-state index in [2.05, 4.69) is 4.84 Å². The normalized spacial score (nSPS) is 12.7. The summed E-state index contributed by atoms with van der Waals surface area (Å²) in [4.78, 5) is 1.24. The Balaban J connectivity index is 3.06. The van der Waals surface area contributed by atoms with Crippen LogP contribution in [0.2, 0.25) is 0 Å². The van der Waals surface area contributed by atoms with Crippen LogP contribution in [0.3, 0.4) is 0 Å². The Bertz CT molecular complexity index is 563. The van der Waals surface area contributed by atoms with Gasteiger partial charge in [0, 0.05) is 13.1 Å². The molecule has 1 rings (SSSR count). The van der Waals surface area contributed by atoms with Gasteiger partial charge in [0.1, 0.15) is 5.82 Å². The van der Waals surface area contributed by atoms with Crippen LogP contribution in [0, 0.1) is 5.82 Å². The second kappa shape index (κ2) is 6.70. The molecule has 10 heteroatoms. The molecule has 0 spiro atoms. The predicted molar refractivity (Wildman–Crippen MR) is 65.1 cm³/mol. The Morgan fingerprint density at radius 2 is 1.85 bits per heavy atom. The van der Waals surface area contributed by atoms with E-state index in [1.54, 1.807) is 0 Å². The number of hydrogen-bond acceptors (Lipinski definition) is 3. The first-order valence-electron chi connectivity index (χ1n) is 5.38. The summed E-state index contributed by atoms with van der Waals surface area (Å²) in [6.07, 6.45) is -4.69. The summed E-state index contributed by atoms with van der Waals surface area (Å²) in [5.41, 5.74) is -1.54. The van der Waals surface area contributed by atoms with Crippen molar-refractivity contribution in [3.05, 3.63) is 29.6 Å². The smallest absolute Gasteiger partial charge is 0.233 e. The molecular weight excluding hydrogens is 324 g/mol. The number of nitrogens with one attached hydrogen (secondary N) is 2. The second-order valence-corrected chi connectivity index (χ2v) is 5.78. The minimum absolute atomic E-state index is 0.100. The van der Waals surface area contributed by atoms with Crippen LogP contribution in [0.4, 0.5) is 17.6 Å². The van der Waals surface area contributed by atoms with E-state index >= 15 is 0 Å². The fourth-order valence-corrected chi connectivity index (χ4v) is 2.81. The molecule has 114 valence electrons. The van der Waals surface area contributed by atoms with Crippen LogP contribution in [0.5, 0.6) is 0 Å². The molecule has 0 aliphatic heterocycles. The Hall–Kier alpha value is -0.900. The number of halogens is 5. The first kappa shape index (κ1) is 17.2. The van der Waals surface area contributed by atoms with Gasteiger partial charge in [-0.2, -0.15) is 13.2 Å². The quantitative estimate of drug-likeness (QED) is 0.476. The summed E-state index contributed by atoms with van der Waals surface area (Å²) in [7, 11) is -4.38. The molecule has 20 heavy (non-hydrogen) atoms. The average Bonchev–Trinajstić information content (AvgIpc) is 2.33. The van der Waals surface area contributed by atoms with Gasteiger partial charge in [-0.05, 0) is 36.4 Å². The van der Waals surface area contributed by atoms with Gasteiger partial charge in [0.15, 0.2) is 0 Å².